The van der Waals surface area contributed by atoms with Gasteiger partial charge in [-0.25, -0.2) is 0 Å². The Labute approximate surface area is 99.1 Å². The second-order valence-electron chi connectivity index (χ2n) is 5.72. The summed E-state index contributed by atoms with van der Waals surface area (Å²) < 4.78 is 5.14. The largest absolute Gasteiger partial charge is 0.385 e. The minimum absolute atomic E-state index is 0.269. The highest BCUT2D eigenvalue weighted by molar-refractivity contribution is 5.79. The van der Waals surface area contributed by atoms with Crippen LogP contribution >= 0.6 is 0 Å². The molecule has 0 saturated carbocycles. The van der Waals surface area contributed by atoms with Crippen LogP contribution in [0.4, 0.5) is 0 Å². The maximum absolute atomic E-state index is 11.3. The van der Waals surface area contributed by atoms with Gasteiger partial charge in [-0.05, 0) is 18.8 Å². The Morgan fingerprint density at radius 2 is 2.19 bits per heavy atom. The van der Waals surface area contributed by atoms with Crippen LogP contribution in [-0.2, 0) is 9.53 Å². The molecule has 0 aliphatic carbocycles. The van der Waals surface area contributed by atoms with Crippen LogP contribution in [0.3, 0.4) is 0 Å². The van der Waals surface area contributed by atoms with Gasteiger partial charge in [0.05, 0.1) is 0 Å². The molecule has 0 aromatic rings. The van der Waals surface area contributed by atoms with E-state index in [2.05, 4.69) is 25.7 Å². The van der Waals surface area contributed by atoms with E-state index in [0.29, 0.717) is 11.8 Å². The number of hydrogen-bond acceptors (Lipinski definition) is 3. The van der Waals surface area contributed by atoms with Crippen molar-refractivity contribution >= 4 is 5.78 Å². The average Bonchev–Trinajstić information content (AvgIpc) is 2.19. The summed E-state index contributed by atoms with van der Waals surface area (Å²) in [6, 6.07) is 0.406. The number of Topliss-reactive ketones (excluding diaryl/α,β-unsaturated/α-hetero) is 1. The Bertz CT molecular complexity index is 238. The van der Waals surface area contributed by atoms with Gasteiger partial charge < -0.3 is 4.74 Å². The number of methoxy groups -OCH3 is 1. The van der Waals surface area contributed by atoms with Crippen molar-refractivity contribution in [2.45, 2.75) is 46.1 Å². The molecule has 1 atom stereocenters. The van der Waals surface area contributed by atoms with E-state index in [1.165, 1.54) is 0 Å². The van der Waals surface area contributed by atoms with E-state index < -0.39 is 0 Å². The number of nitrogens with zero attached hydrogens (tertiary/aromatic N) is 1. The molecule has 1 aliphatic rings. The molecular formula is C13H25NO2. The summed E-state index contributed by atoms with van der Waals surface area (Å²) in [5, 5.41) is 0. The van der Waals surface area contributed by atoms with Crippen molar-refractivity contribution in [3.05, 3.63) is 0 Å². The van der Waals surface area contributed by atoms with Crippen molar-refractivity contribution in [3.8, 4) is 0 Å². The van der Waals surface area contributed by atoms with Crippen LogP contribution < -0.4 is 0 Å². The number of carbonyl (C=O) groups is 1. The smallest absolute Gasteiger partial charge is 0.135 e. The zero-order chi connectivity index (χ0) is 12.2. The fraction of sp³-hybridized carbons (Fsp3) is 0.923. The van der Waals surface area contributed by atoms with Gasteiger partial charge in [0.25, 0.3) is 0 Å². The highest BCUT2D eigenvalue weighted by atomic mass is 16.5. The summed E-state index contributed by atoms with van der Waals surface area (Å²) in [5.74, 6) is 0.415. The first kappa shape index (κ1) is 13.7. The van der Waals surface area contributed by atoms with Crippen molar-refractivity contribution in [2.75, 3.05) is 26.8 Å². The van der Waals surface area contributed by atoms with Gasteiger partial charge in [-0.2, -0.15) is 0 Å². The molecule has 1 rings (SSSR count). The fourth-order valence-corrected chi connectivity index (χ4v) is 2.29. The summed E-state index contributed by atoms with van der Waals surface area (Å²) in [6.45, 7) is 9.50. The second-order valence-corrected chi connectivity index (χ2v) is 5.72. The van der Waals surface area contributed by atoms with E-state index in [9.17, 15) is 4.79 Å². The molecule has 3 nitrogen and oxygen atoms in total. The third-order valence-corrected chi connectivity index (χ3v) is 3.44. The molecule has 1 heterocycles. The minimum atomic E-state index is 0.269. The zero-order valence-electron chi connectivity index (χ0n) is 11.1. The molecule has 0 aromatic carbocycles. The van der Waals surface area contributed by atoms with Crippen molar-refractivity contribution in [1.29, 1.82) is 0 Å². The van der Waals surface area contributed by atoms with Crippen LogP contribution in [0.1, 0.15) is 40.0 Å². The standard InChI is InChI=1S/C13H25NO2/c1-11-9-12(15)5-7-14(11)10-13(2,3)6-8-16-4/h11H,5-10H2,1-4H3. The number of likely N-dealkylation sites (tertiary alicyclic amines) is 1. The molecule has 0 radical (unpaired) electrons. The maximum Gasteiger partial charge on any atom is 0.135 e. The van der Waals surface area contributed by atoms with Gasteiger partial charge in [-0.15, -0.1) is 0 Å². The SMILES string of the molecule is COCCC(C)(C)CN1CCC(=O)CC1C. The molecule has 1 fully saturated rings. The summed E-state index contributed by atoms with van der Waals surface area (Å²) in [7, 11) is 1.75. The lowest BCUT2D eigenvalue weighted by Crippen LogP contribution is -2.45. The van der Waals surface area contributed by atoms with Gasteiger partial charge in [0.15, 0.2) is 0 Å². The third-order valence-electron chi connectivity index (χ3n) is 3.44. The highest BCUT2D eigenvalue weighted by Crippen LogP contribution is 2.25. The molecule has 1 unspecified atom stereocenters. The van der Waals surface area contributed by atoms with Gasteiger partial charge in [0.2, 0.25) is 0 Å². The van der Waals surface area contributed by atoms with Crippen molar-refractivity contribution < 1.29 is 9.53 Å². The lowest BCUT2D eigenvalue weighted by atomic mass is 9.87. The quantitative estimate of drug-likeness (QED) is 0.720. The van der Waals surface area contributed by atoms with Gasteiger partial charge in [0, 0.05) is 45.7 Å². The summed E-state index contributed by atoms with van der Waals surface area (Å²) >= 11 is 0. The van der Waals surface area contributed by atoms with Crippen LogP contribution in [0.5, 0.6) is 0 Å². The highest BCUT2D eigenvalue weighted by Gasteiger charge is 2.28. The Morgan fingerprint density at radius 3 is 2.75 bits per heavy atom. The molecule has 3 heteroatoms. The maximum atomic E-state index is 11.3. The minimum Gasteiger partial charge on any atom is -0.385 e. The number of hydrogen-bond donors (Lipinski definition) is 0. The van der Waals surface area contributed by atoms with Crippen molar-refractivity contribution in [1.82, 2.24) is 4.90 Å². The fourth-order valence-electron chi connectivity index (χ4n) is 2.29. The zero-order valence-corrected chi connectivity index (χ0v) is 11.1. The first-order chi connectivity index (χ1) is 7.44. The molecule has 0 aromatic heterocycles. The lowest BCUT2D eigenvalue weighted by Gasteiger charge is -2.38. The lowest BCUT2D eigenvalue weighted by molar-refractivity contribution is -0.123. The number of carbonyl (C=O) groups excluding carboxylic acids is 1. The van der Waals surface area contributed by atoms with E-state index >= 15 is 0 Å². The van der Waals surface area contributed by atoms with E-state index in [1.54, 1.807) is 7.11 Å². The number of ketones is 1. The number of rotatable bonds is 5. The summed E-state index contributed by atoms with van der Waals surface area (Å²) in [6.07, 6.45) is 2.52. The van der Waals surface area contributed by atoms with Crippen molar-refractivity contribution in [3.63, 3.8) is 0 Å². The normalized spacial score (nSPS) is 23.8. The van der Waals surface area contributed by atoms with E-state index in [1.807, 2.05) is 0 Å². The third kappa shape index (κ3) is 4.22. The van der Waals surface area contributed by atoms with E-state index in [-0.39, 0.29) is 5.41 Å². The second kappa shape index (κ2) is 5.78. The van der Waals surface area contributed by atoms with Gasteiger partial charge in [-0.1, -0.05) is 13.8 Å². The topological polar surface area (TPSA) is 29.5 Å². The molecule has 0 N–H and O–H groups in total. The monoisotopic (exact) mass is 227 g/mol. The number of ether oxygens (including phenoxy) is 1. The van der Waals surface area contributed by atoms with Crippen LogP contribution in [0.2, 0.25) is 0 Å². The molecule has 1 aliphatic heterocycles. The average molecular weight is 227 g/mol. The molecule has 0 amide bonds. The molecule has 0 spiro atoms. The molecule has 94 valence electrons. The predicted molar refractivity (Wildman–Crippen MR) is 65.6 cm³/mol. The Hall–Kier alpha value is -0.410. The van der Waals surface area contributed by atoms with Crippen LogP contribution in [-0.4, -0.2) is 43.5 Å². The Morgan fingerprint density at radius 1 is 1.50 bits per heavy atom. The van der Waals surface area contributed by atoms with E-state index in [4.69, 9.17) is 4.74 Å². The first-order valence-electron chi connectivity index (χ1n) is 6.19. The van der Waals surface area contributed by atoms with Gasteiger partial charge in [0.1, 0.15) is 5.78 Å². The van der Waals surface area contributed by atoms with Crippen molar-refractivity contribution in [2.24, 2.45) is 5.41 Å². The molecule has 1 saturated heterocycles. The molecule has 0 bridgehead atoms. The van der Waals surface area contributed by atoms with Gasteiger partial charge >= 0.3 is 0 Å². The molecule has 16 heavy (non-hydrogen) atoms. The summed E-state index contributed by atoms with van der Waals surface area (Å²) in [5.41, 5.74) is 0.269. The first-order valence-corrected chi connectivity index (χ1v) is 6.19. The van der Waals surface area contributed by atoms with Crippen LogP contribution in [0.25, 0.3) is 0 Å². The predicted octanol–water partition coefficient (Wildman–Crippen LogP) is 2.10. The Balaban J connectivity index is 2.43. The molecular weight excluding hydrogens is 202 g/mol. The summed E-state index contributed by atoms with van der Waals surface area (Å²) in [4.78, 5) is 13.8. The van der Waals surface area contributed by atoms with Crippen LogP contribution in [0.15, 0.2) is 0 Å². The number of piperidine rings is 1. The Kier molecular flexibility index (Phi) is 4.93. The van der Waals surface area contributed by atoms with Crippen LogP contribution in [0, 0.1) is 5.41 Å². The van der Waals surface area contributed by atoms with Gasteiger partial charge in [-0.3, -0.25) is 9.69 Å². The van der Waals surface area contributed by atoms with E-state index in [0.717, 1.165) is 39.0 Å².